The number of anilines is 1. The summed E-state index contributed by atoms with van der Waals surface area (Å²) in [4.78, 5) is 11.9. The van der Waals surface area contributed by atoms with Crippen LogP contribution in [0.15, 0.2) is 30.5 Å². The third kappa shape index (κ3) is 3.16. The van der Waals surface area contributed by atoms with Crippen LogP contribution in [-0.2, 0) is 11.3 Å². The van der Waals surface area contributed by atoms with Crippen molar-refractivity contribution in [2.45, 2.75) is 19.9 Å². The lowest BCUT2D eigenvalue weighted by Crippen LogP contribution is -2.16. The predicted octanol–water partition coefficient (Wildman–Crippen LogP) is 2.75. The molecule has 0 saturated carbocycles. The van der Waals surface area contributed by atoms with Gasteiger partial charge in [0.25, 0.3) is 0 Å². The molecule has 2 aromatic rings. The Morgan fingerprint density at radius 1 is 1.50 bits per heavy atom. The van der Waals surface area contributed by atoms with Crippen LogP contribution in [0.25, 0.3) is 0 Å². The van der Waals surface area contributed by atoms with Gasteiger partial charge in [0.2, 0.25) is 5.91 Å². The molecule has 0 bridgehead atoms. The third-order valence-corrected chi connectivity index (χ3v) is 3.29. The lowest BCUT2D eigenvalue weighted by Gasteiger charge is -2.07. The molecule has 0 radical (unpaired) electrons. The van der Waals surface area contributed by atoms with Crippen molar-refractivity contribution in [1.29, 1.82) is 5.26 Å². The number of hydrogen-bond acceptors (Lipinski definition) is 3. The van der Waals surface area contributed by atoms with E-state index in [2.05, 4.69) is 10.4 Å². The van der Waals surface area contributed by atoms with Crippen LogP contribution >= 0.6 is 11.6 Å². The number of hydrogen-bond donors (Lipinski definition) is 1. The number of carbonyl (C=O) groups is 1. The van der Waals surface area contributed by atoms with E-state index in [0.29, 0.717) is 22.8 Å². The molecule has 0 unspecified atom stereocenters. The molecular weight excluding hydrogens is 276 g/mol. The molecule has 0 aliphatic heterocycles. The lowest BCUT2D eigenvalue weighted by atomic mass is 10.2. The van der Waals surface area contributed by atoms with Gasteiger partial charge >= 0.3 is 0 Å². The fraction of sp³-hybridized carbons (Fsp3) is 0.214. The zero-order chi connectivity index (χ0) is 14.5. The highest BCUT2D eigenvalue weighted by Gasteiger charge is 2.09. The summed E-state index contributed by atoms with van der Waals surface area (Å²) in [7, 11) is 0. The van der Waals surface area contributed by atoms with Crippen LogP contribution in [0.3, 0.4) is 0 Å². The Hall–Kier alpha value is -2.32. The van der Waals surface area contributed by atoms with Gasteiger partial charge in [-0.25, -0.2) is 0 Å². The molecule has 6 heteroatoms. The first-order valence-electron chi connectivity index (χ1n) is 6.08. The van der Waals surface area contributed by atoms with Gasteiger partial charge in [0, 0.05) is 6.42 Å². The highest BCUT2D eigenvalue weighted by molar-refractivity contribution is 6.31. The Kier molecular flexibility index (Phi) is 4.38. The predicted molar refractivity (Wildman–Crippen MR) is 76.4 cm³/mol. The molecule has 5 nitrogen and oxygen atoms in total. The number of amides is 1. The maximum Gasteiger partial charge on any atom is 0.226 e. The second-order valence-electron chi connectivity index (χ2n) is 4.26. The third-order valence-electron chi connectivity index (χ3n) is 2.92. The number of carbonyl (C=O) groups excluding carboxylic acids is 1. The highest BCUT2D eigenvalue weighted by atomic mass is 35.5. The molecule has 0 fully saturated rings. The maximum absolute atomic E-state index is 11.9. The van der Waals surface area contributed by atoms with Gasteiger partial charge in [0.05, 0.1) is 34.7 Å². The van der Waals surface area contributed by atoms with Crippen LogP contribution in [0.4, 0.5) is 5.69 Å². The molecule has 102 valence electrons. The van der Waals surface area contributed by atoms with E-state index in [-0.39, 0.29) is 12.3 Å². The first-order valence-corrected chi connectivity index (χ1v) is 6.46. The summed E-state index contributed by atoms with van der Waals surface area (Å²) in [5, 5.41) is 16.3. The standard InChI is InChI=1S/C14H13ClN4O/c1-10-12(15)9-17-19(10)7-6-14(20)18-13-5-3-2-4-11(13)8-16/h2-5,9H,6-7H2,1H3,(H,18,20). The fourth-order valence-electron chi connectivity index (χ4n) is 1.76. The molecule has 1 amide bonds. The Bertz CT molecular complexity index is 672. The Morgan fingerprint density at radius 3 is 2.90 bits per heavy atom. The number of rotatable bonds is 4. The largest absolute Gasteiger partial charge is 0.325 e. The average Bonchev–Trinajstić information content (AvgIpc) is 2.77. The number of nitrogens with zero attached hydrogens (tertiary/aromatic N) is 3. The van der Waals surface area contributed by atoms with Crippen molar-refractivity contribution in [1.82, 2.24) is 9.78 Å². The van der Waals surface area contributed by atoms with Crippen molar-refractivity contribution in [2.75, 3.05) is 5.32 Å². The second kappa shape index (κ2) is 6.22. The van der Waals surface area contributed by atoms with Gasteiger partial charge < -0.3 is 5.32 Å². The minimum Gasteiger partial charge on any atom is -0.325 e. The van der Waals surface area contributed by atoms with Crippen LogP contribution in [0.1, 0.15) is 17.7 Å². The highest BCUT2D eigenvalue weighted by Crippen LogP contribution is 2.15. The summed E-state index contributed by atoms with van der Waals surface area (Å²) >= 11 is 5.89. The van der Waals surface area contributed by atoms with Crippen LogP contribution in [0.2, 0.25) is 5.02 Å². The average molecular weight is 289 g/mol. The van der Waals surface area contributed by atoms with Crippen molar-refractivity contribution in [3.8, 4) is 6.07 Å². The first kappa shape index (κ1) is 14.1. The number of nitrogens with one attached hydrogen (secondary N) is 1. The van der Waals surface area contributed by atoms with E-state index in [1.165, 1.54) is 0 Å². The van der Waals surface area contributed by atoms with Gasteiger partial charge in [-0.15, -0.1) is 0 Å². The molecule has 0 atom stereocenters. The van der Waals surface area contributed by atoms with Crippen LogP contribution in [-0.4, -0.2) is 15.7 Å². The zero-order valence-corrected chi connectivity index (χ0v) is 11.7. The van der Waals surface area contributed by atoms with Gasteiger partial charge in [0.15, 0.2) is 0 Å². The SMILES string of the molecule is Cc1c(Cl)cnn1CCC(=O)Nc1ccccc1C#N. The summed E-state index contributed by atoms with van der Waals surface area (Å²) < 4.78 is 1.68. The Balaban J connectivity index is 1.96. The van der Waals surface area contributed by atoms with Crippen molar-refractivity contribution in [2.24, 2.45) is 0 Å². The smallest absolute Gasteiger partial charge is 0.226 e. The summed E-state index contributed by atoms with van der Waals surface area (Å²) in [5.41, 5.74) is 1.80. The van der Waals surface area contributed by atoms with Crippen molar-refractivity contribution >= 4 is 23.2 Å². The molecule has 0 aliphatic rings. The normalized spacial score (nSPS) is 10.1. The molecule has 1 aromatic heterocycles. The lowest BCUT2D eigenvalue weighted by molar-refractivity contribution is -0.116. The molecule has 2 rings (SSSR count). The summed E-state index contributed by atoms with van der Waals surface area (Å²) in [5.74, 6) is -0.168. The van der Waals surface area contributed by atoms with E-state index in [1.807, 2.05) is 13.0 Å². The summed E-state index contributed by atoms with van der Waals surface area (Å²) in [6.45, 7) is 2.29. The van der Waals surface area contributed by atoms with E-state index in [1.54, 1.807) is 35.1 Å². The Labute approximate surface area is 121 Å². The number of nitriles is 1. The van der Waals surface area contributed by atoms with E-state index in [9.17, 15) is 4.79 Å². The number of halogens is 1. The topological polar surface area (TPSA) is 70.7 Å². The van der Waals surface area contributed by atoms with Crippen molar-refractivity contribution < 1.29 is 4.79 Å². The number of aromatic nitrogens is 2. The minimum absolute atomic E-state index is 0.168. The van der Waals surface area contributed by atoms with Crippen LogP contribution < -0.4 is 5.32 Å². The van der Waals surface area contributed by atoms with Gasteiger partial charge in [-0.2, -0.15) is 10.4 Å². The van der Waals surface area contributed by atoms with E-state index in [0.717, 1.165) is 5.69 Å². The molecule has 1 N–H and O–H groups in total. The fourth-order valence-corrected chi connectivity index (χ4v) is 1.90. The molecule has 1 aromatic carbocycles. The van der Waals surface area contributed by atoms with Crippen molar-refractivity contribution in [3.05, 3.63) is 46.7 Å². The Morgan fingerprint density at radius 2 is 2.25 bits per heavy atom. The molecule has 1 heterocycles. The number of benzene rings is 1. The van der Waals surface area contributed by atoms with Gasteiger partial charge in [0.1, 0.15) is 6.07 Å². The zero-order valence-electron chi connectivity index (χ0n) is 10.9. The monoisotopic (exact) mass is 288 g/mol. The summed E-state index contributed by atoms with van der Waals surface area (Å²) in [6.07, 6.45) is 1.82. The molecule has 0 spiro atoms. The number of para-hydroxylation sites is 1. The first-order chi connectivity index (χ1) is 9.61. The molecule has 20 heavy (non-hydrogen) atoms. The minimum atomic E-state index is -0.168. The number of aryl methyl sites for hydroxylation is 1. The second-order valence-corrected chi connectivity index (χ2v) is 4.66. The van der Waals surface area contributed by atoms with Gasteiger partial charge in [-0.1, -0.05) is 23.7 Å². The van der Waals surface area contributed by atoms with Crippen molar-refractivity contribution in [3.63, 3.8) is 0 Å². The van der Waals surface area contributed by atoms with Crippen LogP contribution in [0.5, 0.6) is 0 Å². The molecule has 0 saturated heterocycles. The quantitative estimate of drug-likeness (QED) is 0.940. The summed E-state index contributed by atoms with van der Waals surface area (Å²) in [6, 6.07) is 8.92. The molecule has 0 aliphatic carbocycles. The van der Waals surface area contributed by atoms with E-state index >= 15 is 0 Å². The molecular formula is C14H13ClN4O. The van der Waals surface area contributed by atoms with Gasteiger partial charge in [-0.3, -0.25) is 9.48 Å². The van der Waals surface area contributed by atoms with E-state index < -0.39 is 0 Å². The van der Waals surface area contributed by atoms with Gasteiger partial charge in [-0.05, 0) is 19.1 Å². The van der Waals surface area contributed by atoms with Crippen LogP contribution in [0, 0.1) is 18.3 Å². The van der Waals surface area contributed by atoms with E-state index in [4.69, 9.17) is 16.9 Å². The maximum atomic E-state index is 11.9.